The molecule has 0 heterocycles. The molecule has 13 heteroatoms. The van der Waals surface area contributed by atoms with E-state index in [9.17, 15) is 19.2 Å². The van der Waals surface area contributed by atoms with Crippen molar-refractivity contribution in [3.8, 4) is 0 Å². The largest absolute Gasteiger partial charge is 0.481 e. The number of halogens is 2. The maximum absolute atomic E-state index is 12.8. The molecule has 0 radical (unpaired) electrons. The molecule has 8 N–H and O–H groups in total. The molecule has 0 aliphatic carbocycles. The maximum atomic E-state index is 12.8. The van der Waals surface area contributed by atoms with Gasteiger partial charge in [0.1, 0.15) is 17.7 Å². The summed E-state index contributed by atoms with van der Waals surface area (Å²) in [6.07, 6.45) is 0.409. The van der Waals surface area contributed by atoms with Gasteiger partial charge in [0.15, 0.2) is 0 Å². The van der Waals surface area contributed by atoms with Crippen LogP contribution >= 0.6 is 24.8 Å². The standard InChI is InChI=1S/C18H35N5O6.2ClH/c1-17(2,3)29-16(28)22-12-13(24)23-18(7-4-9-19,8-5-10-20)15(27)21-11-6-14(25)26;;/h4-12,19-20H2,1-3H3,(H,21,27)(H,22,28)(H,23,24)(H,25,26);2*1H. The Labute approximate surface area is 195 Å². The van der Waals surface area contributed by atoms with E-state index in [-0.39, 0.29) is 57.2 Å². The summed E-state index contributed by atoms with van der Waals surface area (Å²) in [5.74, 6) is -2.14. The van der Waals surface area contributed by atoms with E-state index in [1.54, 1.807) is 20.8 Å². The van der Waals surface area contributed by atoms with Crippen LogP contribution in [0.5, 0.6) is 0 Å². The Kier molecular flexibility index (Phi) is 18.3. The normalized spacial score (nSPS) is 10.7. The topological polar surface area (TPSA) is 186 Å². The average molecular weight is 490 g/mol. The van der Waals surface area contributed by atoms with Crippen LogP contribution in [0.15, 0.2) is 0 Å². The number of aliphatic carboxylic acids is 1. The summed E-state index contributed by atoms with van der Waals surface area (Å²) in [4.78, 5) is 47.7. The van der Waals surface area contributed by atoms with Crippen LogP contribution in [0.2, 0.25) is 0 Å². The number of nitrogens with two attached hydrogens (primary N) is 2. The molecule has 0 aromatic carbocycles. The molecule has 0 aromatic rings. The molecule has 0 aromatic heterocycles. The molecule has 0 bridgehead atoms. The van der Waals surface area contributed by atoms with Crippen molar-refractivity contribution in [2.75, 3.05) is 26.2 Å². The van der Waals surface area contributed by atoms with Gasteiger partial charge >= 0.3 is 12.1 Å². The Balaban J connectivity index is -0.00000392. The van der Waals surface area contributed by atoms with Crippen molar-refractivity contribution in [3.63, 3.8) is 0 Å². The van der Waals surface area contributed by atoms with Gasteiger partial charge in [-0.3, -0.25) is 14.4 Å². The van der Waals surface area contributed by atoms with Crippen molar-refractivity contribution in [2.45, 2.75) is 64.0 Å². The zero-order valence-electron chi connectivity index (χ0n) is 18.3. The lowest BCUT2D eigenvalue weighted by molar-refractivity contribution is -0.137. The van der Waals surface area contributed by atoms with Gasteiger partial charge in [-0.25, -0.2) is 4.79 Å². The molecule has 0 unspecified atom stereocenters. The van der Waals surface area contributed by atoms with E-state index in [1.165, 1.54) is 0 Å². The van der Waals surface area contributed by atoms with Crippen LogP contribution in [0, 0.1) is 0 Å². The number of nitrogens with one attached hydrogen (secondary N) is 3. The van der Waals surface area contributed by atoms with Crippen molar-refractivity contribution in [2.24, 2.45) is 11.5 Å². The summed E-state index contributed by atoms with van der Waals surface area (Å²) < 4.78 is 5.07. The monoisotopic (exact) mass is 489 g/mol. The van der Waals surface area contributed by atoms with Gasteiger partial charge in [-0.1, -0.05) is 0 Å². The smallest absolute Gasteiger partial charge is 0.408 e. The van der Waals surface area contributed by atoms with E-state index in [0.29, 0.717) is 25.9 Å². The van der Waals surface area contributed by atoms with Crippen LogP contribution < -0.4 is 27.4 Å². The number of carboxylic acids is 1. The van der Waals surface area contributed by atoms with Gasteiger partial charge in [-0.15, -0.1) is 24.8 Å². The molecule has 0 atom stereocenters. The third kappa shape index (κ3) is 15.6. The first-order valence-electron chi connectivity index (χ1n) is 9.64. The van der Waals surface area contributed by atoms with Crippen molar-refractivity contribution in [3.05, 3.63) is 0 Å². The Morgan fingerprint density at radius 1 is 0.935 bits per heavy atom. The number of amides is 3. The Morgan fingerprint density at radius 2 is 1.45 bits per heavy atom. The van der Waals surface area contributed by atoms with Gasteiger partial charge in [0, 0.05) is 6.54 Å². The van der Waals surface area contributed by atoms with Gasteiger partial charge < -0.3 is 37.3 Å². The van der Waals surface area contributed by atoms with E-state index < -0.39 is 35.0 Å². The SMILES string of the molecule is CC(C)(C)OC(=O)NCC(=O)NC(CCCN)(CCCN)C(=O)NCCC(=O)O.Cl.Cl. The molecule has 0 rings (SSSR count). The quantitative estimate of drug-likeness (QED) is 0.212. The molecule has 0 saturated heterocycles. The first kappa shape index (κ1) is 33.8. The molecule has 3 amide bonds. The fraction of sp³-hybridized carbons (Fsp3) is 0.778. The summed E-state index contributed by atoms with van der Waals surface area (Å²) >= 11 is 0. The second-order valence-corrected chi connectivity index (χ2v) is 7.67. The average Bonchev–Trinajstić information content (AvgIpc) is 2.60. The predicted molar refractivity (Wildman–Crippen MR) is 121 cm³/mol. The Bertz CT molecular complexity index is 564. The lowest BCUT2D eigenvalue weighted by Crippen LogP contribution is -2.60. The Hall–Kier alpha value is -1.82. The van der Waals surface area contributed by atoms with E-state index in [0.717, 1.165) is 0 Å². The minimum absolute atomic E-state index is 0. The number of carbonyl (C=O) groups excluding carboxylic acids is 3. The highest BCUT2D eigenvalue weighted by molar-refractivity contribution is 5.93. The summed E-state index contributed by atoms with van der Waals surface area (Å²) in [6, 6.07) is 0. The minimum atomic E-state index is -1.30. The van der Waals surface area contributed by atoms with Crippen molar-refractivity contribution in [1.29, 1.82) is 0 Å². The zero-order valence-corrected chi connectivity index (χ0v) is 20.0. The van der Waals surface area contributed by atoms with Crippen LogP contribution in [0.3, 0.4) is 0 Å². The molecule has 0 aliphatic rings. The highest BCUT2D eigenvalue weighted by atomic mass is 35.5. The molecule has 31 heavy (non-hydrogen) atoms. The summed E-state index contributed by atoms with van der Waals surface area (Å²) in [6.45, 7) is 5.23. The second kappa shape index (κ2) is 16.8. The van der Waals surface area contributed by atoms with Crippen LogP contribution in [-0.2, 0) is 19.1 Å². The summed E-state index contributed by atoms with van der Waals surface area (Å²) in [5, 5.41) is 16.3. The molecular formula is C18H37Cl2N5O6. The van der Waals surface area contributed by atoms with Crippen LogP contribution in [-0.4, -0.2) is 66.3 Å². The number of alkyl carbamates (subject to hydrolysis) is 1. The Morgan fingerprint density at radius 3 is 1.87 bits per heavy atom. The number of carboxylic acid groups (broad SMARTS) is 1. The summed E-state index contributed by atoms with van der Waals surface area (Å²) in [7, 11) is 0. The number of hydrogen-bond donors (Lipinski definition) is 6. The van der Waals surface area contributed by atoms with Crippen molar-refractivity contribution < 1.29 is 29.0 Å². The molecular weight excluding hydrogens is 453 g/mol. The number of hydrogen-bond acceptors (Lipinski definition) is 7. The molecule has 0 saturated carbocycles. The molecule has 0 spiro atoms. The number of carbonyl (C=O) groups is 4. The summed E-state index contributed by atoms with van der Waals surface area (Å²) in [5.41, 5.74) is 9.13. The maximum Gasteiger partial charge on any atom is 0.408 e. The van der Waals surface area contributed by atoms with Gasteiger partial charge in [0.05, 0.1) is 6.42 Å². The third-order valence-electron chi connectivity index (χ3n) is 3.85. The molecule has 11 nitrogen and oxygen atoms in total. The van der Waals surface area contributed by atoms with E-state index in [2.05, 4.69) is 16.0 Å². The minimum Gasteiger partial charge on any atom is -0.481 e. The molecule has 184 valence electrons. The van der Waals surface area contributed by atoms with Crippen LogP contribution in [0.25, 0.3) is 0 Å². The second-order valence-electron chi connectivity index (χ2n) is 7.67. The highest BCUT2D eigenvalue weighted by Gasteiger charge is 2.38. The van der Waals surface area contributed by atoms with Crippen molar-refractivity contribution >= 4 is 48.7 Å². The van der Waals surface area contributed by atoms with Gasteiger partial charge in [0.2, 0.25) is 11.8 Å². The van der Waals surface area contributed by atoms with Crippen molar-refractivity contribution in [1.82, 2.24) is 16.0 Å². The number of rotatable bonds is 13. The molecule has 0 fully saturated rings. The first-order valence-corrected chi connectivity index (χ1v) is 9.64. The first-order chi connectivity index (χ1) is 13.5. The highest BCUT2D eigenvalue weighted by Crippen LogP contribution is 2.20. The zero-order chi connectivity index (χ0) is 22.5. The molecule has 0 aliphatic heterocycles. The fourth-order valence-corrected chi connectivity index (χ4v) is 2.57. The van der Waals surface area contributed by atoms with Crippen LogP contribution in [0.4, 0.5) is 4.79 Å². The lowest BCUT2D eigenvalue weighted by atomic mass is 9.86. The van der Waals surface area contributed by atoms with Gasteiger partial charge in [-0.05, 0) is 59.5 Å². The van der Waals surface area contributed by atoms with Gasteiger partial charge in [-0.2, -0.15) is 0 Å². The van der Waals surface area contributed by atoms with Gasteiger partial charge in [0.25, 0.3) is 0 Å². The number of ether oxygens (including phenoxy) is 1. The van der Waals surface area contributed by atoms with Crippen LogP contribution in [0.1, 0.15) is 52.9 Å². The predicted octanol–water partition coefficient (Wildman–Crippen LogP) is 0.278. The van der Waals surface area contributed by atoms with E-state index >= 15 is 0 Å². The van der Waals surface area contributed by atoms with E-state index in [1.807, 2.05) is 0 Å². The lowest BCUT2D eigenvalue weighted by Gasteiger charge is -2.34. The fourth-order valence-electron chi connectivity index (χ4n) is 2.57. The van der Waals surface area contributed by atoms with E-state index in [4.69, 9.17) is 21.3 Å². The third-order valence-corrected chi connectivity index (χ3v) is 3.85.